The van der Waals surface area contributed by atoms with Crippen LogP contribution in [-0.4, -0.2) is 43.6 Å². The van der Waals surface area contributed by atoms with Gasteiger partial charge in [0.2, 0.25) is 0 Å². The molecule has 0 unspecified atom stereocenters. The summed E-state index contributed by atoms with van der Waals surface area (Å²) < 4.78 is 7.87. The molecule has 23 heavy (non-hydrogen) atoms. The van der Waals surface area contributed by atoms with Crippen molar-refractivity contribution in [2.24, 2.45) is 0 Å². The normalized spacial score (nSPS) is 13.6. The van der Waals surface area contributed by atoms with E-state index in [1.807, 2.05) is 43.3 Å². The zero-order valence-corrected chi connectivity index (χ0v) is 16.9. The van der Waals surface area contributed by atoms with Crippen molar-refractivity contribution in [1.29, 1.82) is 0 Å². The molecule has 124 valence electrons. The maximum absolute atomic E-state index is 10.3. The van der Waals surface area contributed by atoms with Crippen molar-refractivity contribution in [3.8, 4) is 5.75 Å². The summed E-state index contributed by atoms with van der Waals surface area (Å²) >= 11 is 0.396. The molecule has 3 nitrogen and oxygen atoms in total. The van der Waals surface area contributed by atoms with Gasteiger partial charge in [-0.25, -0.2) is 0 Å². The summed E-state index contributed by atoms with van der Waals surface area (Å²) in [5.74, 6) is 0.853. The first-order chi connectivity index (χ1) is 11.1. The van der Waals surface area contributed by atoms with Gasteiger partial charge in [0.05, 0.1) is 0 Å². The van der Waals surface area contributed by atoms with Crippen molar-refractivity contribution < 1.29 is 14.9 Å². The summed E-state index contributed by atoms with van der Waals surface area (Å²) in [4.78, 5) is 0. The Morgan fingerprint density at radius 2 is 1.70 bits per heavy atom. The Balaban J connectivity index is 2.30. The predicted molar refractivity (Wildman–Crippen MR) is 96.1 cm³/mol. The Hall–Kier alpha value is -0.801. The van der Waals surface area contributed by atoms with E-state index in [2.05, 4.69) is 6.07 Å². The quantitative estimate of drug-likeness (QED) is 0.637. The van der Waals surface area contributed by atoms with Crippen molar-refractivity contribution in [1.82, 2.24) is 0 Å². The fraction of sp³-hybridized carbons (Fsp3) is 0.333. The first-order valence-electron chi connectivity index (χ1n) is 7.55. The van der Waals surface area contributed by atoms with Crippen LogP contribution in [0.25, 0.3) is 0 Å². The third kappa shape index (κ3) is 4.60. The molecule has 2 N–H and O–H groups in total. The van der Waals surface area contributed by atoms with E-state index in [4.69, 9.17) is 4.74 Å². The van der Waals surface area contributed by atoms with Crippen LogP contribution >= 0.6 is 0 Å². The van der Waals surface area contributed by atoms with Gasteiger partial charge >= 0.3 is 149 Å². The Labute approximate surface area is 148 Å². The molecule has 0 bridgehead atoms. The van der Waals surface area contributed by atoms with Crippen LogP contribution in [0, 0.1) is 0 Å². The fourth-order valence-electron chi connectivity index (χ4n) is 2.25. The Kier molecular flexibility index (Phi) is 7.16. The van der Waals surface area contributed by atoms with Gasteiger partial charge in [0.25, 0.3) is 0 Å². The number of ether oxygens (including phenoxy) is 1. The molecule has 0 aliphatic heterocycles. The van der Waals surface area contributed by atoms with Gasteiger partial charge in [0.1, 0.15) is 0 Å². The molecular formula is C18H22O3Se2. The van der Waals surface area contributed by atoms with Crippen molar-refractivity contribution in [2.75, 3.05) is 7.11 Å². The number of aliphatic hydroxyl groups is 2. The number of benzene rings is 2. The van der Waals surface area contributed by atoms with Gasteiger partial charge in [-0.3, -0.25) is 0 Å². The molecule has 0 aliphatic rings. The van der Waals surface area contributed by atoms with E-state index in [1.165, 1.54) is 4.46 Å². The van der Waals surface area contributed by atoms with E-state index in [0.29, 0.717) is 6.42 Å². The summed E-state index contributed by atoms with van der Waals surface area (Å²) in [7, 11) is 1.67. The molecule has 0 aliphatic carbocycles. The summed E-state index contributed by atoms with van der Waals surface area (Å²) in [5.41, 5.74) is 1.98. The van der Waals surface area contributed by atoms with Crippen LogP contribution in [0.15, 0.2) is 42.5 Å². The zero-order valence-electron chi connectivity index (χ0n) is 13.5. The van der Waals surface area contributed by atoms with E-state index in [-0.39, 0.29) is 26.3 Å². The number of hydrogen-bond donors (Lipinski definition) is 2. The van der Waals surface area contributed by atoms with E-state index in [0.717, 1.165) is 21.3 Å². The fourth-order valence-corrected chi connectivity index (χ4v) is 10.2. The first kappa shape index (κ1) is 18.5. The average Bonchev–Trinajstić information content (AvgIpc) is 2.58. The SMILES string of the molecule is CC[C@H](O)c1cccc(OC)c1[Se][Se]c1ccccc1[C@H](C)O. The molecule has 0 heterocycles. The number of rotatable bonds is 7. The zero-order chi connectivity index (χ0) is 16.8. The van der Waals surface area contributed by atoms with Gasteiger partial charge in [-0.15, -0.1) is 0 Å². The van der Waals surface area contributed by atoms with Crippen LogP contribution < -0.4 is 13.7 Å². The summed E-state index contributed by atoms with van der Waals surface area (Å²) in [6.07, 6.45) is -0.222. The number of aliphatic hydroxyl groups excluding tert-OH is 2. The van der Waals surface area contributed by atoms with Crippen LogP contribution in [0.5, 0.6) is 5.75 Å². The van der Waals surface area contributed by atoms with Crippen molar-refractivity contribution in [2.45, 2.75) is 32.5 Å². The van der Waals surface area contributed by atoms with Crippen LogP contribution in [0.3, 0.4) is 0 Å². The maximum atomic E-state index is 10.3. The van der Waals surface area contributed by atoms with E-state index in [1.54, 1.807) is 14.0 Å². The van der Waals surface area contributed by atoms with E-state index < -0.39 is 12.2 Å². The van der Waals surface area contributed by atoms with E-state index in [9.17, 15) is 10.2 Å². The van der Waals surface area contributed by atoms with E-state index >= 15 is 0 Å². The van der Waals surface area contributed by atoms with Crippen molar-refractivity contribution >= 4 is 35.2 Å². The van der Waals surface area contributed by atoms with Crippen LogP contribution in [0.1, 0.15) is 43.6 Å². The van der Waals surface area contributed by atoms with Gasteiger partial charge in [-0.2, -0.15) is 0 Å². The second-order valence-corrected chi connectivity index (χ2v) is 11.3. The molecule has 0 radical (unpaired) electrons. The minimum atomic E-state index is -0.456. The number of methoxy groups -OCH3 is 1. The van der Waals surface area contributed by atoms with Gasteiger partial charge in [0.15, 0.2) is 0 Å². The Morgan fingerprint density at radius 1 is 1.00 bits per heavy atom. The second-order valence-electron chi connectivity index (χ2n) is 5.18. The van der Waals surface area contributed by atoms with Gasteiger partial charge < -0.3 is 0 Å². The topological polar surface area (TPSA) is 49.7 Å². The molecular weight excluding hydrogens is 422 g/mol. The minimum absolute atomic E-state index is 0.177. The second kappa shape index (κ2) is 8.89. The molecule has 2 aromatic carbocycles. The van der Waals surface area contributed by atoms with Gasteiger partial charge in [0, 0.05) is 0 Å². The predicted octanol–water partition coefficient (Wildman–Crippen LogP) is 1.47. The Bertz CT molecular complexity index is 644. The molecule has 0 saturated heterocycles. The third-order valence-electron chi connectivity index (χ3n) is 3.56. The molecule has 0 saturated carbocycles. The average molecular weight is 444 g/mol. The molecule has 5 heteroatoms. The summed E-state index contributed by atoms with van der Waals surface area (Å²) in [5, 5.41) is 20.2. The monoisotopic (exact) mass is 446 g/mol. The van der Waals surface area contributed by atoms with Crippen molar-refractivity contribution in [3.05, 3.63) is 53.6 Å². The standard InChI is InChI=1S/C18H22O3Se2/c1-4-15(20)14-9-7-10-16(21-3)18(14)23-22-17-11-6-5-8-13(17)12(2)19/h5-12,15,19-20H,4H2,1-3H3/t12-,15-/m0/s1. The number of hydrogen-bond acceptors (Lipinski definition) is 3. The Morgan fingerprint density at radius 3 is 2.35 bits per heavy atom. The molecule has 2 rings (SSSR count). The molecule has 0 aromatic heterocycles. The van der Waals surface area contributed by atoms with Crippen LogP contribution in [0.2, 0.25) is 0 Å². The molecule has 0 amide bonds. The summed E-state index contributed by atoms with van der Waals surface area (Å²) in [6.45, 7) is 3.78. The molecule has 0 spiro atoms. The first-order valence-corrected chi connectivity index (χ1v) is 13.6. The third-order valence-corrected chi connectivity index (χ3v) is 10.8. The van der Waals surface area contributed by atoms with Crippen molar-refractivity contribution in [3.63, 3.8) is 0 Å². The van der Waals surface area contributed by atoms with Gasteiger partial charge in [-0.1, -0.05) is 0 Å². The molecule has 2 atom stereocenters. The van der Waals surface area contributed by atoms with Crippen LogP contribution in [-0.2, 0) is 0 Å². The van der Waals surface area contributed by atoms with Gasteiger partial charge in [-0.05, 0) is 0 Å². The molecule has 0 fully saturated rings. The molecule has 2 aromatic rings. The van der Waals surface area contributed by atoms with Crippen LogP contribution in [0.4, 0.5) is 0 Å². The summed E-state index contributed by atoms with van der Waals surface area (Å²) in [6, 6.07) is 13.9.